The molecule has 0 spiro atoms. The maximum absolute atomic E-state index is 12.8. The molecule has 120 valence electrons. The van der Waals surface area contributed by atoms with Gasteiger partial charge in [-0.3, -0.25) is 4.79 Å². The Bertz CT molecular complexity index is 424. The number of aryl methyl sites for hydroxylation is 2. The van der Waals surface area contributed by atoms with Gasteiger partial charge in [0.05, 0.1) is 13.1 Å². The number of benzene rings is 1. The van der Waals surface area contributed by atoms with Crippen LogP contribution in [0, 0.1) is 6.92 Å². The van der Waals surface area contributed by atoms with E-state index in [1.165, 1.54) is 11.1 Å². The van der Waals surface area contributed by atoms with Crippen LogP contribution in [-0.2, 0) is 11.2 Å². The van der Waals surface area contributed by atoms with Crippen LogP contribution >= 0.6 is 12.4 Å². The zero-order chi connectivity index (χ0) is 15.0. The summed E-state index contributed by atoms with van der Waals surface area (Å²) in [6, 6.07) is 8.24. The Morgan fingerprint density at radius 2 is 1.86 bits per heavy atom. The van der Waals surface area contributed by atoms with E-state index in [0.29, 0.717) is 6.42 Å². The summed E-state index contributed by atoms with van der Waals surface area (Å²) in [5.74, 6) is -3.36. The molecule has 0 aliphatic carbocycles. The highest BCUT2D eigenvalue weighted by Crippen LogP contribution is 2.10. The number of halogens is 3. The predicted octanol–water partition coefficient (Wildman–Crippen LogP) is 2.84. The van der Waals surface area contributed by atoms with E-state index in [4.69, 9.17) is 5.73 Å². The number of nitrogens with one attached hydrogen (secondary N) is 1. The highest BCUT2D eigenvalue weighted by Gasteiger charge is 2.26. The fourth-order valence-electron chi connectivity index (χ4n) is 1.76. The summed E-state index contributed by atoms with van der Waals surface area (Å²) >= 11 is 0. The quantitative estimate of drug-likeness (QED) is 0.724. The standard InChI is InChI=1S/C15H22F2N2O.ClH/c1-12-6-8-13(9-7-12)4-2-3-5-14(20)19-11-15(16,17)10-18;/h6-9H,2-5,10-11,18H2,1H3,(H,19,20);1H. The second-order valence-corrected chi connectivity index (χ2v) is 5.03. The number of unbranched alkanes of at least 4 members (excludes halogenated alkanes) is 1. The van der Waals surface area contributed by atoms with Crippen molar-refractivity contribution in [1.29, 1.82) is 0 Å². The Morgan fingerprint density at radius 1 is 1.24 bits per heavy atom. The molecule has 21 heavy (non-hydrogen) atoms. The van der Waals surface area contributed by atoms with Gasteiger partial charge in [0.25, 0.3) is 5.92 Å². The highest BCUT2D eigenvalue weighted by molar-refractivity contribution is 5.85. The molecule has 0 aliphatic rings. The van der Waals surface area contributed by atoms with Crippen LogP contribution in [0.5, 0.6) is 0 Å². The number of hydrogen-bond donors (Lipinski definition) is 2. The summed E-state index contributed by atoms with van der Waals surface area (Å²) in [6.45, 7) is 0.603. The second kappa shape index (κ2) is 9.68. The monoisotopic (exact) mass is 320 g/mol. The molecule has 0 aliphatic heterocycles. The van der Waals surface area contributed by atoms with Gasteiger partial charge in [-0.15, -0.1) is 12.4 Å². The van der Waals surface area contributed by atoms with E-state index in [9.17, 15) is 13.6 Å². The van der Waals surface area contributed by atoms with Gasteiger partial charge in [-0.25, -0.2) is 8.78 Å². The normalized spacial score (nSPS) is 10.9. The number of carbonyl (C=O) groups is 1. The topological polar surface area (TPSA) is 55.1 Å². The maximum atomic E-state index is 12.8. The van der Waals surface area contributed by atoms with Crippen molar-refractivity contribution >= 4 is 18.3 Å². The minimum absolute atomic E-state index is 0. The van der Waals surface area contributed by atoms with E-state index < -0.39 is 19.0 Å². The summed E-state index contributed by atoms with van der Waals surface area (Å²) < 4.78 is 25.6. The molecule has 3 N–H and O–H groups in total. The molecule has 1 rings (SSSR count). The zero-order valence-corrected chi connectivity index (χ0v) is 13.0. The Morgan fingerprint density at radius 3 is 2.43 bits per heavy atom. The van der Waals surface area contributed by atoms with Crippen molar-refractivity contribution in [2.45, 2.75) is 38.5 Å². The van der Waals surface area contributed by atoms with E-state index in [0.717, 1.165) is 12.8 Å². The van der Waals surface area contributed by atoms with Gasteiger partial charge in [-0.1, -0.05) is 29.8 Å². The minimum atomic E-state index is -3.02. The molecule has 6 heteroatoms. The Kier molecular flexibility index (Phi) is 9.13. The third-order valence-corrected chi connectivity index (χ3v) is 3.08. The number of carbonyl (C=O) groups excluding carboxylic acids is 1. The highest BCUT2D eigenvalue weighted by atomic mass is 35.5. The Balaban J connectivity index is 0.00000400. The number of alkyl halides is 2. The van der Waals surface area contributed by atoms with Gasteiger partial charge in [0.1, 0.15) is 0 Å². The number of hydrogen-bond acceptors (Lipinski definition) is 2. The summed E-state index contributed by atoms with van der Waals surface area (Å²) in [4.78, 5) is 11.4. The summed E-state index contributed by atoms with van der Waals surface area (Å²) in [5, 5.41) is 2.21. The van der Waals surface area contributed by atoms with Gasteiger partial charge in [0.15, 0.2) is 0 Å². The van der Waals surface area contributed by atoms with Gasteiger partial charge in [0.2, 0.25) is 5.91 Å². The molecule has 1 aromatic rings. The second-order valence-electron chi connectivity index (χ2n) is 5.03. The van der Waals surface area contributed by atoms with Gasteiger partial charge in [-0.05, 0) is 31.7 Å². The molecule has 0 fully saturated rings. The molecule has 0 aromatic heterocycles. The lowest BCUT2D eigenvalue weighted by Gasteiger charge is -2.14. The van der Waals surface area contributed by atoms with E-state index in [2.05, 4.69) is 29.6 Å². The molecule has 3 nitrogen and oxygen atoms in total. The van der Waals surface area contributed by atoms with Crippen LogP contribution < -0.4 is 11.1 Å². The minimum Gasteiger partial charge on any atom is -0.350 e. The van der Waals surface area contributed by atoms with Crippen molar-refractivity contribution in [3.63, 3.8) is 0 Å². The van der Waals surface area contributed by atoms with E-state index in [-0.39, 0.29) is 24.7 Å². The lowest BCUT2D eigenvalue weighted by Crippen LogP contribution is -2.41. The Labute approximate surface area is 130 Å². The SMILES string of the molecule is Cc1ccc(CCCCC(=O)NCC(F)(F)CN)cc1.Cl. The average Bonchev–Trinajstić information content (AvgIpc) is 2.43. The van der Waals surface area contributed by atoms with Gasteiger partial charge in [-0.2, -0.15) is 0 Å². The van der Waals surface area contributed by atoms with Crippen LogP contribution in [0.3, 0.4) is 0 Å². The first-order chi connectivity index (χ1) is 9.43. The van der Waals surface area contributed by atoms with Crippen LogP contribution in [0.4, 0.5) is 8.78 Å². The first-order valence-electron chi connectivity index (χ1n) is 6.83. The van der Waals surface area contributed by atoms with Gasteiger partial charge < -0.3 is 11.1 Å². The fraction of sp³-hybridized carbons (Fsp3) is 0.533. The largest absolute Gasteiger partial charge is 0.350 e. The molecule has 0 radical (unpaired) electrons. The first-order valence-corrected chi connectivity index (χ1v) is 6.83. The van der Waals surface area contributed by atoms with Crippen LogP contribution in [-0.4, -0.2) is 24.9 Å². The average molecular weight is 321 g/mol. The molecular weight excluding hydrogens is 298 g/mol. The predicted molar refractivity (Wildman–Crippen MR) is 83.0 cm³/mol. The zero-order valence-electron chi connectivity index (χ0n) is 12.2. The summed E-state index contributed by atoms with van der Waals surface area (Å²) in [6.07, 6.45) is 2.72. The van der Waals surface area contributed by atoms with E-state index >= 15 is 0 Å². The van der Waals surface area contributed by atoms with Crippen LogP contribution in [0.1, 0.15) is 30.4 Å². The molecule has 0 unspecified atom stereocenters. The molecule has 0 bridgehead atoms. The van der Waals surface area contributed by atoms with Crippen LogP contribution in [0.15, 0.2) is 24.3 Å². The number of rotatable bonds is 8. The third kappa shape index (κ3) is 8.63. The lowest BCUT2D eigenvalue weighted by molar-refractivity contribution is -0.123. The smallest absolute Gasteiger partial charge is 0.277 e. The number of nitrogens with two attached hydrogens (primary N) is 1. The summed E-state index contributed by atoms with van der Waals surface area (Å²) in [5.41, 5.74) is 7.33. The maximum Gasteiger partial charge on any atom is 0.277 e. The van der Waals surface area contributed by atoms with Gasteiger partial charge >= 0.3 is 0 Å². The van der Waals surface area contributed by atoms with Gasteiger partial charge in [0, 0.05) is 6.42 Å². The molecule has 1 aromatic carbocycles. The van der Waals surface area contributed by atoms with Crippen molar-refractivity contribution < 1.29 is 13.6 Å². The van der Waals surface area contributed by atoms with Crippen molar-refractivity contribution in [3.8, 4) is 0 Å². The molecule has 1 amide bonds. The third-order valence-electron chi connectivity index (χ3n) is 3.08. The van der Waals surface area contributed by atoms with Crippen molar-refractivity contribution in [3.05, 3.63) is 35.4 Å². The van der Waals surface area contributed by atoms with Crippen molar-refractivity contribution in [2.24, 2.45) is 5.73 Å². The lowest BCUT2D eigenvalue weighted by atomic mass is 10.1. The van der Waals surface area contributed by atoms with Crippen LogP contribution in [0.2, 0.25) is 0 Å². The Hall–Kier alpha value is -1.20. The molecular formula is C15H23ClF2N2O. The fourth-order valence-corrected chi connectivity index (χ4v) is 1.76. The number of amides is 1. The molecule has 0 atom stereocenters. The van der Waals surface area contributed by atoms with Crippen molar-refractivity contribution in [1.82, 2.24) is 5.32 Å². The van der Waals surface area contributed by atoms with Crippen LogP contribution in [0.25, 0.3) is 0 Å². The molecule has 0 saturated heterocycles. The molecule has 0 heterocycles. The first kappa shape index (κ1) is 19.8. The van der Waals surface area contributed by atoms with Crippen molar-refractivity contribution in [2.75, 3.05) is 13.1 Å². The molecule has 0 saturated carbocycles. The van der Waals surface area contributed by atoms with E-state index in [1.54, 1.807) is 0 Å². The van der Waals surface area contributed by atoms with E-state index in [1.807, 2.05) is 6.92 Å². The summed E-state index contributed by atoms with van der Waals surface area (Å²) in [7, 11) is 0.